The highest BCUT2D eigenvalue weighted by atomic mass is 19.4. The van der Waals surface area contributed by atoms with E-state index < -0.39 is 23.5 Å². The molecule has 9 aromatic rings. The molecule has 0 amide bonds. The van der Waals surface area contributed by atoms with Crippen molar-refractivity contribution < 1.29 is 26.3 Å². The Bertz CT molecular complexity index is 3070. The number of fused-ring (bicyclic) bond motifs is 6. The topological polar surface area (TPSA) is 14.2 Å². The molecule has 0 fully saturated rings. The van der Waals surface area contributed by atoms with Crippen LogP contribution in [0.25, 0.3) is 82.1 Å². The second-order valence-electron chi connectivity index (χ2n) is 14.1. The van der Waals surface area contributed by atoms with Crippen molar-refractivity contribution in [1.82, 2.24) is 9.13 Å². The minimum atomic E-state index is -5.02. The summed E-state index contributed by atoms with van der Waals surface area (Å²) in [5.74, 6) is 0. The van der Waals surface area contributed by atoms with E-state index in [9.17, 15) is 26.3 Å². The maximum absolute atomic E-state index is 14.1. The average Bonchev–Trinajstić information content (AvgIpc) is 3.68. The molecule has 9 rings (SSSR count). The van der Waals surface area contributed by atoms with Gasteiger partial charge in [-0.1, -0.05) is 78.9 Å². The SMILES string of the molecule is [C-]#[N+]c1ccc(-c2cc(-c3cc(C(F)(F)F)cc(C(F)(F)F)c3)ccc2-n2c3ccccc3c3ccc(C)cc32)c(-n2c3ccccc3c3ccc(C)cc32)c1. The van der Waals surface area contributed by atoms with Crippen molar-refractivity contribution in [1.29, 1.82) is 0 Å². The number of rotatable bonds is 4. The summed E-state index contributed by atoms with van der Waals surface area (Å²) in [6.45, 7) is 12.0. The van der Waals surface area contributed by atoms with Crippen LogP contribution in [0.2, 0.25) is 0 Å². The highest BCUT2D eigenvalue weighted by Crippen LogP contribution is 2.45. The Labute approximate surface area is 317 Å². The van der Waals surface area contributed by atoms with Crippen LogP contribution >= 0.6 is 0 Å². The third-order valence-electron chi connectivity index (χ3n) is 10.5. The van der Waals surface area contributed by atoms with Gasteiger partial charge in [-0.3, -0.25) is 0 Å². The molecule has 0 N–H and O–H groups in total. The third kappa shape index (κ3) is 5.68. The summed E-state index contributed by atoms with van der Waals surface area (Å²) in [4.78, 5) is 3.77. The van der Waals surface area contributed by atoms with Gasteiger partial charge < -0.3 is 9.13 Å². The number of nitrogens with zero attached hydrogens (tertiary/aromatic N) is 3. The summed E-state index contributed by atoms with van der Waals surface area (Å²) in [7, 11) is 0. The van der Waals surface area contributed by atoms with E-state index in [1.165, 1.54) is 0 Å². The molecule has 3 nitrogen and oxygen atoms in total. The summed E-state index contributed by atoms with van der Waals surface area (Å²) in [5.41, 5.74) is 5.47. The maximum Gasteiger partial charge on any atom is 0.416 e. The highest BCUT2D eigenvalue weighted by Gasteiger charge is 2.37. The number of alkyl halides is 6. The fraction of sp³-hybridized carbons (Fsp3) is 0.0851. The van der Waals surface area contributed by atoms with Crippen molar-refractivity contribution >= 4 is 49.3 Å². The second kappa shape index (κ2) is 12.6. The Morgan fingerprint density at radius 1 is 0.446 bits per heavy atom. The van der Waals surface area contributed by atoms with Gasteiger partial charge in [0, 0.05) is 38.4 Å². The molecule has 0 bridgehead atoms. The first-order valence-corrected chi connectivity index (χ1v) is 17.8. The number of aromatic nitrogens is 2. The quantitative estimate of drug-likeness (QED) is 0.126. The molecule has 0 unspecified atom stereocenters. The molecule has 0 saturated carbocycles. The number of aryl methyl sites for hydroxylation is 2. The molecule has 0 aliphatic heterocycles. The van der Waals surface area contributed by atoms with Crippen LogP contribution in [0, 0.1) is 20.4 Å². The lowest BCUT2D eigenvalue weighted by molar-refractivity contribution is -0.143. The van der Waals surface area contributed by atoms with Gasteiger partial charge in [-0.25, -0.2) is 4.85 Å². The Balaban J connectivity index is 1.43. The molecule has 274 valence electrons. The Hall–Kier alpha value is -6.79. The molecule has 0 aliphatic carbocycles. The molecular formula is C47H29F6N3. The summed E-state index contributed by atoms with van der Waals surface area (Å²) >= 11 is 0. The van der Waals surface area contributed by atoms with Gasteiger partial charge in [-0.2, -0.15) is 26.3 Å². The first-order valence-electron chi connectivity index (χ1n) is 17.8. The summed E-state index contributed by atoms with van der Waals surface area (Å²) in [6.07, 6.45) is -10.0. The monoisotopic (exact) mass is 749 g/mol. The van der Waals surface area contributed by atoms with Crippen LogP contribution in [-0.4, -0.2) is 9.13 Å². The van der Waals surface area contributed by atoms with Gasteiger partial charge in [0.05, 0.1) is 45.5 Å². The van der Waals surface area contributed by atoms with Gasteiger partial charge in [-0.15, -0.1) is 0 Å². The molecule has 2 aromatic heterocycles. The zero-order valence-electron chi connectivity index (χ0n) is 29.9. The van der Waals surface area contributed by atoms with E-state index in [-0.39, 0.29) is 17.2 Å². The fourth-order valence-electron chi connectivity index (χ4n) is 7.93. The van der Waals surface area contributed by atoms with Gasteiger partial charge in [0.15, 0.2) is 5.69 Å². The number of benzene rings is 7. The van der Waals surface area contributed by atoms with Crippen molar-refractivity contribution in [3.8, 4) is 33.6 Å². The number of hydrogen-bond donors (Lipinski definition) is 0. The first-order chi connectivity index (χ1) is 26.8. The van der Waals surface area contributed by atoms with Gasteiger partial charge in [0.2, 0.25) is 0 Å². The van der Waals surface area contributed by atoms with E-state index in [1.54, 1.807) is 30.3 Å². The molecular weight excluding hydrogens is 721 g/mol. The fourth-order valence-corrected chi connectivity index (χ4v) is 7.93. The average molecular weight is 750 g/mol. The highest BCUT2D eigenvalue weighted by molar-refractivity contribution is 6.12. The Morgan fingerprint density at radius 2 is 0.964 bits per heavy atom. The second-order valence-corrected chi connectivity index (χ2v) is 14.1. The van der Waals surface area contributed by atoms with Crippen LogP contribution < -0.4 is 0 Å². The van der Waals surface area contributed by atoms with E-state index in [4.69, 9.17) is 6.57 Å². The number of halogens is 6. The molecule has 0 aliphatic rings. The smallest absolute Gasteiger partial charge is 0.310 e. The van der Waals surface area contributed by atoms with Gasteiger partial charge in [-0.05, 0) is 96.8 Å². The predicted octanol–water partition coefficient (Wildman–Crippen LogP) is 14.4. The van der Waals surface area contributed by atoms with E-state index >= 15 is 0 Å². The maximum atomic E-state index is 14.1. The summed E-state index contributed by atoms with van der Waals surface area (Å²) in [6, 6.07) is 40.0. The first kappa shape index (κ1) is 34.9. The van der Waals surface area contributed by atoms with Crippen molar-refractivity contribution in [2.75, 3.05) is 0 Å². The van der Waals surface area contributed by atoms with E-state index in [1.807, 2.05) is 80.6 Å². The number of para-hydroxylation sites is 2. The lowest BCUT2D eigenvalue weighted by Gasteiger charge is -2.21. The summed E-state index contributed by atoms with van der Waals surface area (Å²) in [5, 5.41) is 3.93. The zero-order chi connectivity index (χ0) is 39.1. The lowest BCUT2D eigenvalue weighted by atomic mass is 9.93. The van der Waals surface area contributed by atoms with E-state index in [0.29, 0.717) is 28.2 Å². The standard InChI is InChI=1S/C47H29F6N3/c1-27-12-16-36-34-8-4-6-10-40(34)55(43(36)20-27)42-19-14-29(30-22-31(46(48,49)50)25-32(23-30)47(51,52)53)24-39(42)38-18-15-33(54-3)26-45(38)56-41-11-7-5-9-35(41)37-17-13-28(2)21-44(37)56/h4-26H,1-2H3. The van der Waals surface area contributed by atoms with Crippen LogP contribution in [0.5, 0.6) is 0 Å². The molecule has 2 heterocycles. The molecule has 0 saturated heterocycles. The zero-order valence-corrected chi connectivity index (χ0v) is 29.9. The largest absolute Gasteiger partial charge is 0.416 e. The Morgan fingerprint density at radius 3 is 1.50 bits per heavy atom. The molecule has 0 spiro atoms. The number of hydrogen-bond acceptors (Lipinski definition) is 0. The van der Waals surface area contributed by atoms with Crippen molar-refractivity contribution in [3.63, 3.8) is 0 Å². The van der Waals surface area contributed by atoms with Crippen LogP contribution in [0.1, 0.15) is 22.3 Å². The minimum absolute atomic E-state index is 0.143. The minimum Gasteiger partial charge on any atom is -0.310 e. The van der Waals surface area contributed by atoms with Crippen LogP contribution in [0.15, 0.2) is 140 Å². The molecule has 0 radical (unpaired) electrons. The van der Waals surface area contributed by atoms with Crippen molar-refractivity contribution in [2.45, 2.75) is 26.2 Å². The molecule has 9 heteroatoms. The summed E-state index contributed by atoms with van der Waals surface area (Å²) < 4.78 is 89.0. The van der Waals surface area contributed by atoms with Gasteiger partial charge >= 0.3 is 12.4 Å². The normalized spacial score (nSPS) is 12.3. The van der Waals surface area contributed by atoms with E-state index in [2.05, 4.69) is 38.2 Å². The van der Waals surface area contributed by atoms with Crippen LogP contribution in [0.4, 0.5) is 32.0 Å². The lowest BCUT2D eigenvalue weighted by Crippen LogP contribution is -2.11. The van der Waals surface area contributed by atoms with Crippen LogP contribution in [0.3, 0.4) is 0 Å². The Kier molecular flexibility index (Phi) is 7.89. The van der Waals surface area contributed by atoms with Crippen molar-refractivity contribution in [2.24, 2.45) is 0 Å². The molecule has 7 aromatic carbocycles. The van der Waals surface area contributed by atoms with E-state index in [0.717, 1.165) is 66.9 Å². The van der Waals surface area contributed by atoms with Crippen molar-refractivity contribution in [3.05, 3.63) is 173 Å². The van der Waals surface area contributed by atoms with Gasteiger partial charge in [0.1, 0.15) is 0 Å². The molecule has 56 heavy (non-hydrogen) atoms. The third-order valence-corrected chi connectivity index (χ3v) is 10.5. The van der Waals surface area contributed by atoms with Gasteiger partial charge in [0.25, 0.3) is 0 Å². The van der Waals surface area contributed by atoms with Crippen LogP contribution in [-0.2, 0) is 12.4 Å². The molecule has 0 atom stereocenters. The predicted molar refractivity (Wildman–Crippen MR) is 212 cm³/mol.